The van der Waals surface area contributed by atoms with Crippen LogP contribution in [0.5, 0.6) is 0 Å². The molecule has 1 N–H and O–H groups in total. The minimum atomic E-state index is -4.76. The van der Waals surface area contributed by atoms with Crippen molar-refractivity contribution in [2.75, 3.05) is 10.8 Å². The van der Waals surface area contributed by atoms with E-state index in [-0.39, 0.29) is 29.6 Å². The molecule has 0 bridgehead atoms. The number of carbonyl (C=O) groups is 2. The molecule has 12 heteroatoms. The molecule has 0 spiro atoms. The quantitative estimate of drug-likeness (QED) is 0.174. The Morgan fingerprint density at radius 2 is 1.43 bits per heavy atom. The summed E-state index contributed by atoms with van der Waals surface area (Å²) in [4.78, 5) is 29.2. The Balaban J connectivity index is 1.84. The summed E-state index contributed by atoms with van der Waals surface area (Å²) in [5, 5.41) is 2.86. The number of halogens is 4. The topological polar surface area (TPSA) is 86.8 Å². The van der Waals surface area contributed by atoms with E-state index in [9.17, 15) is 31.2 Å². The van der Waals surface area contributed by atoms with Gasteiger partial charge in [0.25, 0.3) is 10.0 Å². The molecule has 2 amide bonds. The summed E-state index contributed by atoms with van der Waals surface area (Å²) in [6, 6.07) is 25.7. The maximum absolute atomic E-state index is 14.4. The Bertz CT molecular complexity index is 1750. The Morgan fingerprint density at radius 3 is 2.04 bits per heavy atom. The Hall–Kier alpha value is -4.16. The summed E-state index contributed by atoms with van der Waals surface area (Å²) >= 11 is 3.43. The van der Waals surface area contributed by atoms with E-state index >= 15 is 0 Å². The van der Waals surface area contributed by atoms with Crippen LogP contribution < -0.4 is 9.62 Å². The highest BCUT2D eigenvalue weighted by Crippen LogP contribution is 2.33. The molecule has 0 aliphatic heterocycles. The van der Waals surface area contributed by atoms with Crippen molar-refractivity contribution in [2.45, 2.75) is 50.0 Å². The standard InChI is InChI=1S/C34H33BrF3N3O4S/c1-24(2)39-33(43)31(20-25-11-5-3-6-12-25)40(22-26-13-9-15-28(35)19-26)32(42)23-41(46(44,45)30-17-7-4-8-18-30)29-16-10-14-27(21-29)34(36,37)38/h3-19,21,24,31H,20,22-23H2,1-2H3,(H,39,43)/t31-/m0/s1. The number of anilines is 1. The van der Waals surface area contributed by atoms with Crippen molar-refractivity contribution in [2.24, 2.45) is 0 Å². The Labute approximate surface area is 275 Å². The summed E-state index contributed by atoms with van der Waals surface area (Å²) < 4.78 is 70.5. The van der Waals surface area contributed by atoms with E-state index in [1.165, 1.54) is 35.2 Å². The highest BCUT2D eigenvalue weighted by atomic mass is 79.9. The summed E-state index contributed by atoms with van der Waals surface area (Å²) in [5.41, 5.74) is -0.0181. The second kappa shape index (κ2) is 15.0. The highest BCUT2D eigenvalue weighted by molar-refractivity contribution is 9.10. The predicted molar refractivity (Wildman–Crippen MR) is 174 cm³/mol. The van der Waals surface area contributed by atoms with Crippen molar-refractivity contribution in [3.63, 3.8) is 0 Å². The van der Waals surface area contributed by atoms with Gasteiger partial charge in [-0.05, 0) is 67.4 Å². The number of nitrogens with zero attached hydrogens (tertiary/aromatic N) is 2. The molecule has 0 aliphatic carbocycles. The third-order valence-electron chi connectivity index (χ3n) is 7.02. The van der Waals surface area contributed by atoms with Crippen LogP contribution >= 0.6 is 15.9 Å². The van der Waals surface area contributed by atoms with Crippen LogP contribution in [-0.4, -0.2) is 43.8 Å². The maximum atomic E-state index is 14.4. The molecular weight excluding hydrogens is 683 g/mol. The number of nitrogens with one attached hydrogen (secondary N) is 1. The second-order valence-corrected chi connectivity index (χ2v) is 13.7. The van der Waals surface area contributed by atoms with E-state index in [1.54, 1.807) is 56.3 Å². The van der Waals surface area contributed by atoms with Gasteiger partial charge in [-0.1, -0.05) is 82.7 Å². The van der Waals surface area contributed by atoms with Crippen LogP contribution in [-0.2, 0) is 38.8 Å². The van der Waals surface area contributed by atoms with Gasteiger partial charge in [0, 0.05) is 23.5 Å². The van der Waals surface area contributed by atoms with Crippen molar-refractivity contribution >= 4 is 43.5 Å². The average Bonchev–Trinajstić information content (AvgIpc) is 3.01. The first kappa shape index (κ1) is 34.7. The zero-order valence-electron chi connectivity index (χ0n) is 25.1. The van der Waals surface area contributed by atoms with Gasteiger partial charge in [-0.25, -0.2) is 8.42 Å². The lowest BCUT2D eigenvalue weighted by atomic mass is 10.0. The van der Waals surface area contributed by atoms with Crippen molar-refractivity contribution in [3.8, 4) is 0 Å². The van der Waals surface area contributed by atoms with Gasteiger partial charge < -0.3 is 10.2 Å². The lowest BCUT2D eigenvalue weighted by Crippen LogP contribution is -2.54. The van der Waals surface area contributed by atoms with Gasteiger partial charge in [-0.3, -0.25) is 13.9 Å². The van der Waals surface area contributed by atoms with Gasteiger partial charge in [0.05, 0.1) is 16.1 Å². The van der Waals surface area contributed by atoms with Gasteiger partial charge in [0.2, 0.25) is 11.8 Å². The van der Waals surface area contributed by atoms with Gasteiger partial charge in [-0.2, -0.15) is 13.2 Å². The molecule has 0 aliphatic rings. The van der Waals surface area contributed by atoms with Crippen LogP contribution in [0.25, 0.3) is 0 Å². The zero-order valence-corrected chi connectivity index (χ0v) is 27.5. The van der Waals surface area contributed by atoms with Crippen molar-refractivity contribution in [3.05, 3.63) is 130 Å². The van der Waals surface area contributed by atoms with Crippen molar-refractivity contribution in [1.29, 1.82) is 0 Å². The number of amides is 2. The molecule has 1 atom stereocenters. The minimum Gasteiger partial charge on any atom is -0.352 e. The summed E-state index contributed by atoms with van der Waals surface area (Å²) in [7, 11) is -4.54. The molecule has 46 heavy (non-hydrogen) atoms. The molecule has 0 unspecified atom stereocenters. The molecule has 4 rings (SSSR count). The van der Waals surface area contributed by atoms with Gasteiger partial charge in [0.15, 0.2) is 0 Å². The average molecular weight is 717 g/mol. The van der Waals surface area contributed by atoms with Gasteiger partial charge in [-0.15, -0.1) is 0 Å². The number of alkyl halides is 3. The summed E-state index contributed by atoms with van der Waals surface area (Å²) in [6.07, 6.45) is -4.65. The maximum Gasteiger partial charge on any atom is 0.416 e. The molecule has 0 saturated heterocycles. The number of hydrogen-bond donors (Lipinski definition) is 1. The molecule has 7 nitrogen and oxygen atoms in total. The van der Waals surface area contributed by atoms with Crippen molar-refractivity contribution < 1.29 is 31.2 Å². The van der Waals surface area contributed by atoms with Crippen LogP contribution in [0.4, 0.5) is 18.9 Å². The first-order valence-electron chi connectivity index (χ1n) is 14.4. The summed E-state index contributed by atoms with van der Waals surface area (Å²) in [5.74, 6) is -1.24. The SMILES string of the molecule is CC(C)NC(=O)[C@H](Cc1ccccc1)N(Cc1cccc(Br)c1)C(=O)CN(c1cccc(C(F)(F)F)c1)S(=O)(=O)c1ccccc1. The fourth-order valence-corrected chi connectivity index (χ4v) is 6.73. The van der Waals surface area contributed by atoms with E-state index in [2.05, 4.69) is 21.2 Å². The fraction of sp³-hybridized carbons (Fsp3) is 0.235. The van der Waals surface area contributed by atoms with Gasteiger partial charge >= 0.3 is 6.18 Å². The van der Waals surface area contributed by atoms with Crippen LogP contribution in [0.1, 0.15) is 30.5 Å². The zero-order chi connectivity index (χ0) is 33.5. The van der Waals surface area contributed by atoms with E-state index < -0.39 is 46.2 Å². The molecule has 4 aromatic carbocycles. The molecule has 0 heterocycles. The lowest BCUT2D eigenvalue weighted by molar-refractivity contribution is -0.140. The number of sulfonamides is 1. The first-order valence-corrected chi connectivity index (χ1v) is 16.6. The third-order valence-corrected chi connectivity index (χ3v) is 9.30. The number of hydrogen-bond acceptors (Lipinski definition) is 4. The third kappa shape index (κ3) is 8.97. The van der Waals surface area contributed by atoms with E-state index in [4.69, 9.17) is 0 Å². The second-order valence-electron chi connectivity index (χ2n) is 10.9. The highest BCUT2D eigenvalue weighted by Gasteiger charge is 2.36. The normalized spacial score (nSPS) is 12.4. The van der Waals surface area contributed by atoms with Gasteiger partial charge in [0.1, 0.15) is 12.6 Å². The molecule has 0 fully saturated rings. The summed E-state index contributed by atoms with van der Waals surface area (Å²) in [6.45, 7) is 2.61. The first-order chi connectivity index (χ1) is 21.8. The predicted octanol–water partition coefficient (Wildman–Crippen LogP) is 6.83. The van der Waals surface area contributed by atoms with Crippen LogP contribution in [0, 0.1) is 0 Å². The smallest absolute Gasteiger partial charge is 0.352 e. The largest absolute Gasteiger partial charge is 0.416 e. The molecule has 0 saturated carbocycles. The van der Waals surface area contributed by atoms with Crippen LogP contribution in [0.2, 0.25) is 0 Å². The Morgan fingerprint density at radius 1 is 0.826 bits per heavy atom. The van der Waals surface area contributed by atoms with Crippen LogP contribution in [0.15, 0.2) is 119 Å². The molecule has 0 radical (unpaired) electrons. The van der Waals surface area contributed by atoms with Crippen molar-refractivity contribution in [1.82, 2.24) is 10.2 Å². The number of rotatable bonds is 12. The number of carbonyl (C=O) groups excluding carboxylic acids is 2. The lowest BCUT2D eigenvalue weighted by Gasteiger charge is -2.34. The molecule has 4 aromatic rings. The molecular formula is C34H33BrF3N3O4S. The monoisotopic (exact) mass is 715 g/mol. The fourth-order valence-electron chi connectivity index (χ4n) is 4.85. The van der Waals surface area contributed by atoms with Crippen LogP contribution in [0.3, 0.4) is 0 Å². The molecule has 0 aromatic heterocycles. The number of benzene rings is 4. The van der Waals surface area contributed by atoms with E-state index in [1.807, 2.05) is 18.2 Å². The van der Waals surface area contributed by atoms with E-state index in [0.29, 0.717) is 15.9 Å². The minimum absolute atomic E-state index is 0.0803. The Kier molecular flexibility index (Phi) is 11.3. The van der Waals surface area contributed by atoms with E-state index in [0.717, 1.165) is 22.2 Å². The molecule has 242 valence electrons.